The number of hydrogen-bond acceptors (Lipinski definition) is 2. The molecule has 28 heavy (non-hydrogen) atoms. The smallest absolute Gasteiger partial charge is 0.240 e. The molecule has 1 aliphatic rings. The monoisotopic (exact) mass is 410 g/mol. The standard InChI is InChI=1S/C23H20Cl2N2O/c24-20-8-4-3-7-19(20)15-9-10-16(21(25)11-15)12-22(26)23(28)27-13-17-5-1-2-6-18(17)14-27/h1-11,22H,12-14,26H2. The molecule has 3 aromatic carbocycles. The molecule has 0 fully saturated rings. The van der Waals surface area contributed by atoms with Crippen LogP contribution in [-0.4, -0.2) is 16.8 Å². The summed E-state index contributed by atoms with van der Waals surface area (Å²) in [5, 5.41) is 1.26. The summed E-state index contributed by atoms with van der Waals surface area (Å²) in [6.45, 7) is 1.23. The third kappa shape index (κ3) is 3.79. The molecule has 0 bridgehead atoms. The molecule has 0 aliphatic carbocycles. The minimum atomic E-state index is -0.627. The van der Waals surface area contributed by atoms with Crippen LogP contribution in [0.4, 0.5) is 0 Å². The summed E-state index contributed by atoms with van der Waals surface area (Å²) in [6, 6.07) is 20.9. The zero-order chi connectivity index (χ0) is 19.7. The van der Waals surface area contributed by atoms with E-state index in [0.29, 0.717) is 29.6 Å². The lowest BCUT2D eigenvalue weighted by atomic mass is 10.00. The first-order valence-corrected chi connectivity index (χ1v) is 9.93. The van der Waals surface area contributed by atoms with Crippen LogP contribution in [0.1, 0.15) is 16.7 Å². The summed E-state index contributed by atoms with van der Waals surface area (Å²) >= 11 is 12.8. The Labute approximate surface area is 174 Å². The zero-order valence-corrected chi connectivity index (χ0v) is 16.8. The van der Waals surface area contributed by atoms with Crippen molar-refractivity contribution >= 4 is 29.1 Å². The second kappa shape index (κ2) is 7.96. The average Bonchev–Trinajstić information content (AvgIpc) is 3.13. The van der Waals surface area contributed by atoms with Gasteiger partial charge in [-0.2, -0.15) is 0 Å². The van der Waals surface area contributed by atoms with Crippen molar-refractivity contribution in [1.82, 2.24) is 4.90 Å². The maximum atomic E-state index is 12.8. The first kappa shape index (κ1) is 19.0. The van der Waals surface area contributed by atoms with E-state index >= 15 is 0 Å². The number of hydrogen-bond donors (Lipinski definition) is 1. The number of nitrogens with two attached hydrogens (primary N) is 1. The second-order valence-corrected chi connectivity index (χ2v) is 7.87. The second-order valence-electron chi connectivity index (χ2n) is 7.06. The first-order chi connectivity index (χ1) is 13.5. The zero-order valence-electron chi connectivity index (χ0n) is 15.2. The van der Waals surface area contributed by atoms with E-state index in [1.807, 2.05) is 54.6 Å². The molecule has 1 unspecified atom stereocenters. The van der Waals surface area contributed by atoms with Crippen molar-refractivity contribution < 1.29 is 4.79 Å². The lowest BCUT2D eigenvalue weighted by molar-refractivity contribution is -0.133. The summed E-state index contributed by atoms with van der Waals surface area (Å²) in [7, 11) is 0. The lowest BCUT2D eigenvalue weighted by Crippen LogP contribution is -2.42. The summed E-state index contributed by atoms with van der Waals surface area (Å²) in [5.74, 6) is -0.0533. The molecule has 5 heteroatoms. The van der Waals surface area contributed by atoms with Gasteiger partial charge < -0.3 is 10.6 Å². The molecule has 2 N–H and O–H groups in total. The van der Waals surface area contributed by atoms with Crippen LogP contribution in [-0.2, 0) is 24.3 Å². The van der Waals surface area contributed by atoms with Crippen molar-refractivity contribution in [2.45, 2.75) is 25.6 Å². The molecule has 4 rings (SSSR count). The average molecular weight is 411 g/mol. The van der Waals surface area contributed by atoms with Crippen molar-refractivity contribution in [2.75, 3.05) is 0 Å². The molecule has 0 aromatic heterocycles. The Morgan fingerprint density at radius 2 is 1.57 bits per heavy atom. The normalized spacial score (nSPS) is 14.0. The summed E-state index contributed by atoms with van der Waals surface area (Å²) < 4.78 is 0. The molecular weight excluding hydrogens is 391 g/mol. The van der Waals surface area contributed by atoms with Gasteiger partial charge in [0.05, 0.1) is 6.04 Å². The quantitative estimate of drug-likeness (QED) is 0.652. The fraction of sp³-hybridized carbons (Fsp3) is 0.174. The highest BCUT2D eigenvalue weighted by molar-refractivity contribution is 6.34. The molecule has 1 amide bonds. The maximum absolute atomic E-state index is 12.8. The predicted molar refractivity (Wildman–Crippen MR) is 114 cm³/mol. The van der Waals surface area contributed by atoms with E-state index in [9.17, 15) is 4.79 Å². The van der Waals surface area contributed by atoms with Crippen LogP contribution in [0.3, 0.4) is 0 Å². The molecule has 0 saturated carbocycles. The number of benzene rings is 3. The Kier molecular flexibility index (Phi) is 5.40. The van der Waals surface area contributed by atoms with Gasteiger partial charge in [-0.3, -0.25) is 4.79 Å². The van der Waals surface area contributed by atoms with E-state index in [0.717, 1.165) is 16.7 Å². The number of amides is 1. The summed E-state index contributed by atoms with van der Waals surface area (Å²) in [5.41, 5.74) is 11.3. The molecule has 0 spiro atoms. The maximum Gasteiger partial charge on any atom is 0.240 e. The molecule has 0 saturated heterocycles. The van der Waals surface area contributed by atoms with Crippen molar-refractivity contribution in [3.8, 4) is 11.1 Å². The van der Waals surface area contributed by atoms with Crippen molar-refractivity contribution in [3.63, 3.8) is 0 Å². The van der Waals surface area contributed by atoms with Crippen LogP contribution >= 0.6 is 23.2 Å². The van der Waals surface area contributed by atoms with Gasteiger partial charge in [0.25, 0.3) is 0 Å². The van der Waals surface area contributed by atoms with E-state index in [1.54, 1.807) is 4.90 Å². The van der Waals surface area contributed by atoms with Gasteiger partial charge in [-0.25, -0.2) is 0 Å². The van der Waals surface area contributed by atoms with Gasteiger partial charge in [0, 0.05) is 28.7 Å². The van der Waals surface area contributed by atoms with Crippen LogP contribution in [0.25, 0.3) is 11.1 Å². The molecular formula is C23H20Cl2N2O. The van der Waals surface area contributed by atoms with E-state index in [-0.39, 0.29) is 5.91 Å². The lowest BCUT2D eigenvalue weighted by Gasteiger charge is -2.21. The Morgan fingerprint density at radius 3 is 2.21 bits per heavy atom. The van der Waals surface area contributed by atoms with Crippen molar-refractivity contribution in [1.29, 1.82) is 0 Å². The number of carbonyl (C=O) groups is 1. The molecule has 142 valence electrons. The summed E-state index contributed by atoms with van der Waals surface area (Å²) in [4.78, 5) is 14.6. The third-order valence-corrected chi connectivity index (χ3v) is 5.83. The van der Waals surface area contributed by atoms with Crippen LogP contribution < -0.4 is 5.73 Å². The highest BCUT2D eigenvalue weighted by Crippen LogP contribution is 2.31. The fourth-order valence-corrected chi connectivity index (χ4v) is 4.13. The SMILES string of the molecule is NC(Cc1ccc(-c2ccccc2Cl)cc1Cl)C(=O)N1Cc2ccccc2C1. The van der Waals surface area contributed by atoms with Gasteiger partial charge in [0.1, 0.15) is 0 Å². The van der Waals surface area contributed by atoms with E-state index in [1.165, 1.54) is 11.1 Å². The fourth-order valence-electron chi connectivity index (χ4n) is 3.62. The minimum absolute atomic E-state index is 0.0533. The Balaban J connectivity index is 1.47. The van der Waals surface area contributed by atoms with E-state index < -0.39 is 6.04 Å². The molecule has 1 heterocycles. The third-order valence-electron chi connectivity index (χ3n) is 5.15. The van der Waals surface area contributed by atoms with Gasteiger partial charge in [0.2, 0.25) is 5.91 Å². The van der Waals surface area contributed by atoms with Crippen molar-refractivity contribution in [3.05, 3.63) is 93.5 Å². The first-order valence-electron chi connectivity index (χ1n) is 9.17. The largest absolute Gasteiger partial charge is 0.333 e. The predicted octanol–water partition coefficient (Wildman–Crippen LogP) is 5.07. The number of fused-ring (bicyclic) bond motifs is 1. The molecule has 3 aromatic rings. The molecule has 1 atom stereocenters. The van der Waals surface area contributed by atoms with E-state index in [4.69, 9.17) is 28.9 Å². The van der Waals surface area contributed by atoms with E-state index in [2.05, 4.69) is 12.1 Å². The van der Waals surface area contributed by atoms with Gasteiger partial charge in [-0.1, -0.05) is 77.8 Å². The number of rotatable bonds is 4. The Bertz CT molecular complexity index is 1010. The van der Waals surface area contributed by atoms with Crippen LogP contribution in [0.5, 0.6) is 0 Å². The minimum Gasteiger partial charge on any atom is -0.333 e. The Hall–Kier alpha value is -2.33. The number of carbonyl (C=O) groups excluding carboxylic acids is 1. The van der Waals surface area contributed by atoms with Gasteiger partial charge in [-0.15, -0.1) is 0 Å². The highest BCUT2D eigenvalue weighted by Gasteiger charge is 2.27. The topological polar surface area (TPSA) is 46.3 Å². The Morgan fingerprint density at radius 1 is 0.929 bits per heavy atom. The number of halogens is 2. The van der Waals surface area contributed by atoms with Crippen LogP contribution in [0, 0.1) is 0 Å². The number of nitrogens with zero attached hydrogens (tertiary/aromatic N) is 1. The van der Waals surface area contributed by atoms with Gasteiger partial charge in [-0.05, 0) is 40.8 Å². The van der Waals surface area contributed by atoms with Crippen molar-refractivity contribution in [2.24, 2.45) is 5.73 Å². The summed E-state index contributed by atoms with van der Waals surface area (Å²) in [6.07, 6.45) is 0.396. The van der Waals surface area contributed by atoms with Gasteiger partial charge in [0.15, 0.2) is 0 Å². The highest BCUT2D eigenvalue weighted by atomic mass is 35.5. The van der Waals surface area contributed by atoms with Crippen LogP contribution in [0.15, 0.2) is 66.7 Å². The molecule has 1 aliphatic heterocycles. The molecule has 0 radical (unpaired) electrons. The molecule has 3 nitrogen and oxygen atoms in total. The van der Waals surface area contributed by atoms with Gasteiger partial charge >= 0.3 is 0 Å². The van der Waals surface area contributed by atoms with Crippen LogP contribution in [0.2, 0.25) is 10.0 Å².